The van der Waals surface area contributed by atoms with Crippen molar-refractivity contribution in [3.63, 3.8) is 0 Å². The standard InChI is InChI=1S/C13H13INO.I3/c1-9-2-4-12-10(6-9)3-5-13-15(12)8-11(7-14)16-13;1-3-2/h2-6,11H,7-8H2,1H3;/q+1;-1. The van der Waals surface area contributed by atoms with Crippen LogP contribution in [0.2, 0.25) is 0 Å². The minimum atomic E-state index is 0.326. The molecule has 0 fully saturated rings. The summed E-state index contributed by atoms with van der Waals surface area (Å²) in [6.07, 6.45) is 0.326. The zero-order valence-corrected chi connectivity index (χ0v) is 18.9. The monoisotopic (exact) mass is 707 g/mol. The molecule has 0 amide bonds. The Balaban J connectivity index is 0.000000408. The van der Waals surface area contributed by atoms with Gasteiger partial charge in [-0.15, -0.1) is 0 Å². The second kappa shape index (κ2) is 8.11. The predicted octanol–water partition coefficient (Wildman–Crippen LogP) is 1.41. The van der Waals surface area contributed by atoms with Gasteiger partial charge in [0, 0.05) is 15.9 Å². The van der Waals surface area contributed by atoms with Gasteiger partial charge < -0.3 is 4.74 Å². The molecule has 0 spiro atoms. The predicted molar refractivity (Wildman–Crippen MR) is 100 cm³/mol. The van der Waals surface area contributed by atoms with Gasteiger partial charge in [-0.25, -0.2) is 0 Å². The van der Waals surface area contributed by atoms with Crippen molar-refractivity contribution in [2.45, 2.75) is 19.6 Å². The van der Waals surface area contributed by atoms with E-state index in [9.17, 15) is 0 Å². The summed E-state index contributed by atoms with van der Waals surface area (Å²) in [5.74, 6) is 0.998. The topological polar surface area (TPSA) is 13.1 Å². The molecule has 1 aliphatic heterocycles. The maximum absolute atomic E-state index is 5.85. The molecule has 0 saturated heterocycles. The van der Waals surface area contributed by atoms with Crippen LogP contribution in [0.3, 0.4) is 0 Å². The molecule has 0 aliphatic carbocycles. The van der Waals surface area contributed by atoms with Gasteiger partial charge in [0.05, 0.1) is 6.07 Å². The number of benzene rings is 1. The molecule has 1 aliphatic rings. The van der Waals surface area contributed by atoms with Gasteiger partial charge in [-0.3, -0.25) is 0 Å². The molecule has 0 radical (unpaired) electrons. The van der Waals surface area contributed by atoms with E-state index in [-0.39, 0.29) is 0 Å². The number of aromatic nitrogens is 1. The number of hydrogen-bond donors (Lipinski definition) is 0. The van der Waals surface area contributed by atoms with E-state index in [1.807, 2.05) is 0 Å². The molecule has 3 rings (SSSR count). The molecule has 1 unspecified atom stereocenters. The van der Waals surface area contributed by atoms with Gasteiger partial charge in [0.2, 0.25) is 5.52 Å². The third-order valence-corrected chi connectivity index (χ3v) is 3.97. The van der Waals surface area contributed by atoms with E-state index in [1.54, 1.807) is 0 Å². The van der Waals surface area contributed by atoms with E-state index in [1.165, 1.54) is 16.5 Å². The number of ether oxygens (including phenoxy) is 1. The van der Waals surface area contributed by atoms with Crippen LogP contribution >= 0.6 is 59.8 Å². The summed E-state index contributed by atoms with van der Waals surface area (Å²) < 4.78 is 9.16. The van der Waals surface area contributed by atoms with Gasteiger partial charge in [0.1, 0.15) is 0 Å². The summed E-state index contributed by atoms with van der Waals surface area (Å²) in [5.41, 5.74) is 2.58. The maximum atomic E-state index is 5.85. The molecule has 19 heavy (non-hydrogen) atoms. The molecule has 0 N–H and O–H groups in total. The number of hydrogen-bond acceptors (Lipinski definition) is 1. The van der Waals surface area contributed by atoms with Crippen LogP contribution in [-0.2, 0) is 6.54 Å². The van der Waals surface area contributed by atoms with Crippen LogP contribution in [-0.4, -0.2) is 10.5 Å². The number of nitrogens with zero attached hydrogens (tertiary/aromatic N) is 1. The molecule has 0 bridgehead atoms. The third kappa shape index (κ3) is 4.18. The molecular formula is C13H13I4NO. The average Bonchev–Trinajstić information content (AvgIpc) is 2.82. The van der Waals surface area contributed by atoms with Crippen molar-refractivity contribution < 1.29 is 22.6 Å². The molecule has 2 aromatic rings. The van der Waals surface area contributed by atoms with Crippen molar-refractivity contribution >= 4 is 70.7 Å². The molecule has 104 valence electrons. The molecule has 1 aromatic carbocycles. The first-order valence-corrected chi connectivity index (χ1v) is 19.8. The molecule has 1 atom stereocenters. The number of alkyl halides is 1. The van der Waals surface area contributed by atoms with Gasteiger partial charge in [-0.1, -0.05) is 34.2 Å². The quantitative estimate of drug-likeness (QED) is 0.249. The fourth-order valence-electron chi connectivity index (χ4n) is 2.21. The molecular weight excluding hydrogens is 694 g/mol. The number of fused-ring (bicyclic) bond motifs is 3. The van der Waals surface area contributed by atoms with Gasteiger partial charge in [-0.05, 0) is 19.1 Å². The summed E-state index contributed by atoms with van der Waals surface area (Å²) in [5, 5.41) is 1.29. The van der Waals surface area contributed by atoms with Crippen LogP contribution in [0.25, 0.3) is 10.9 Å². The van der Waals surface area contributed by atoms with Gasteiger partial charge in [0.25, 0.3) is 0 Å². The SMILES string of the molecule is Cc1ccc2c(ccc3[n+]2CC(CI)O3)c1.I[I-]I. The molecule has 2 heterocycles. The Morgan fingerprint density at radius 2 is 2.05 bits per heavy atom. The average molecular weight is 707 g/mol. The number of halogens is 4. The van der Waals surface area contributed by atoms with Crippen LogP contribution in [0, 0.1) is 6.92 Å². The molecule has 6 heteroatoms. The van der Waals surface area contributed by atoms with E-state index < -0.39 is 0 Å². The first kappa shape index (κ1) is 16.7. The van der Waals surface area contributed by atoms with Crippen molar-refractivity contribution in [1.82, 2.24) is 0 Å². The zero-order valence-electron chi connectivity index (χ0n) is 10.2. The normalized spacial score (nSPS) is 16.7. The van der Waals surface area contributed by atoms with E-state index in [4.69, 9.17) is 4.74 Å². The summed E-state index contributed by atoms with van der Waals surface area (Å²) in [6.45, 7) is 3.10. The molecule has 0 saturated carbocycles. The van der Waals surface area contributed by atoms with E-state index in [0.717, 1.165) is 16.9 Å². The Kier molecular flexibility index (Phi) is 7.13. The Hall–Kier alpha value is 1.35. The number of aryl methyl sites for hydroxylation is 1. The van der Waals surface area contributed by atoms with Crippen LogP contribution in [0.5, 0.6) is 5.88 Å². The number of pyridine rings is 1. The Labute approximate surface area is 156 Å². The van der Waals surface area contributed by atoms with Crippen LogP contribution in [0.1, 0.15) is 5.56 Å². The first-order chi connectivity index (χ1) is 9.19. The summed E-state index contributed by atoms with van der Waals surface area (Å²) in [6, 6.07) is 10.8. The fourth-order valence-corrected chi connectivity index (χ4v) is 2.66. The van der Waals surface area contributed by atoms with Gasteiger partial charge in [-0.2, -0.15) is 4.57 Å². The second-order valence-electron chi connectivity index (χ2n) is 4.29. The minimum absolute atomic E-state index is 0.326. The molecule has 2 nitrogen and oxygen atoms in total. The van der Waals surface area contributed by atoms with Gasteiger partial charge >= 0.3 is 56.4 Å². The van der Waals surface area contributed by atoms with E-state index >= 15 is 0 Å². The summed E-state index contributed by atoms with van der Waals surface area (Å²) in [4.78, 5) is 0. The van der Waals surface area contributed by atoms with Crippen molar-refractivity contribution in [3.8, 4) is 5.88 Å². The Bertz CT molecular complexity index is 576. The Morgan fingerprint density at radius 1 is 1.32 bits per heavy atom. The number of rotatable bonds is 1. The summed E-state index contributed by atoms with van der Waals surface area (Å²) >= 11 is 7.68. The van der Waals surface area contributed by atoms with Crippen molar-refractivity contribution in [1.29, 1.82) is 0 Å². The van der Waals surface area contributed by atoms with E-state index in [2.05, 4.69) is 102 Å². The van der Waals surface area contributed by atoms with Crippen LogP contribution < -0.4 is 22.6 Å². The third-order valence-electron chi connectivity index (χ3n) is 2.99. The van der Waals surface area contributed by atoms with Crippen molar-refractivity contribution in [2.24, 2.45) is 0 Å². The summed E-state index contributed by atoms with van der Waals surface area (Å²) in [7, 11) is 0. The van der Waals surface area contributed by atoms with Crippen LogP contribution in [0.4, 0.5) is 0 Å². The first-order valence-electron chi connectivity index (χ1n) is 5.72. The second-order valence-corrected chi connectivity index (χ2v) is 21.4. The van der Waals surface area contributed by atoms with Gasteiger partial charge in [0.15, 0.2) is 12.6 Å². The fraction of sp³-hybridized carbons (Fsp3) is 0.308. The van der Waals surface area contributed by atoms with E-state index in [0.29, 0.717) is 19.4 Å². The molecule has 1 aromatic heterocycles. The zero-order chi connectivity index (χ0) is 13.8. The Morgan fingerprint density at radius 3 is 2.74 bits per heavy atom. The van der Waals surface area contributed by atoms with Crippen LogP contribution in [0.15, 0.2) is 30.3 Å². The van der Waals surface area contributed by atoms with Crippen molar-refractivity contribution in [3.05, 3.63) is 35.9 Å². The van der Waals surface area contributed by atoms with Crippen molar-refractivity contribution in [2.75, 3.05) is 4.43 Å².